The number of phenolic OH excluding ortho intramolecular Hbond substituents is 2. The number of phenols is 2. The zero-order chi connectivity index (χ0) is 28.2. The minimum atomic E-state index is -2.67. The van der Waals surface area contributed by atoms with Gasteiger partial charge in [0.15, 0.2) is 34.7 Å². The Bertz CT molecular complexity index is 1420. The largest absolute Gasteiger partial charge is 0.508 e. The summed E-state index contributed by atoms with van der Waals surface area (Å²) in [7, 11) is 1.67. The fraction of sp³-hybridized carbons (Fsp3) is 0.393. The predicted molar refractivity (Wildman–Crippen MR) is 137 cm³/mol. The molecule has 11 nitrogen and oxygen atoms in total. The molecule has 2 fully saturated rings. The van der Waals surface area contributed by atoms with Gasteiger partial charge in [0.1, 0.15) is 11.5 Å². The maximum atomic E-state index is 13.8. The molecule has 3 aliphatic carbocycles. The van der Waals surface area contributed by atoms with Crippen molar-refractivity contribution in [2.75, 3.05) is 12.4 Å². The van der Waals surface area contributed by atoms with Crippen molar-refractivity contribution in [2.45, 2.75) is 38.0 Å². The molecular weight excluding hydrogens is 506 g/mol. The number of amides is 1. The highest BCUT2D eigenvalue weighted by atomic mass is 16.3. The predicted octanol–water partition coefficient (Wildman–Crippen LogP) is 0.364. The Morgan fingerprint density at radius 1 is 1.05 bits per heavy atom. The number of carbonyl (C=O) groups is 5. The molecule has 0 radical (unpaired) electrons. The number of rotatable bonds is 6. The summed E-state index contributed by atoms with van der Waals surface area (Å²) in [5, 5.41) is 38.2. The number of benzene rings is 2. The van der Waals surface area contributed by atoms with E-state index in [0.29, 0.717) is 23.4 Å². The standard InChI is InChI=1S/C28H29N3O8/c1-30-18-8-14(11-31-10-12-2-4-16(32)5-3-12)23(34)21-17(18)7-13-6-15-9-19(33)22(27(29)38)26(37)28(15,39)25(36)20(13)24(21)35/h2-5,8,13,15,20,22,30-32,34,39H,6-7,9-11H2,1H3,(H2,29,38)/t13?,15?,20?,22?,28-/m0/s1. The van der Waals surface area contributed by atoms with Crippen LogP contribution in [0.2, 0.25) is 0 Å². The number of hydrogen-bond acceptors (Lipinski definition) is 10. The maximum Gasteiger partial charge on any atom is 0.235 e. The van der Waals surface area contributed by atoms with E-state index in [1.807, 2.05) is 0 Å². The first-order valence-corrected chi connectivity index (χ1v) is 12.7. The average Bonchev–Trinajstić information content (AvgIpc) is 2.88. The zero-order valence-electron chi connectivity index (χ0n) is 21.2. The lowest BCUT2D eigenvalue weighted by atomic mass is 9.53. The van der Waals surface area contributed by atoms with Crippen molar-refractivity contribution in [3.05, 3.63) is 52.6 Å². The molecule has 39 heavy (non-hydrogen) atoms. The normalized spacial score (nSPS) is 27.9. The molecule has 11 heteroatoms. The van der Waals surface area contributed by atoms with Crippen LogP contribution in [-0.4, -0.2) is 57.0 Å². The Hall–Kier alpha value is -4.09. The van der Waals surface area contributed by atoms with E-state index in [0.717, 1.165) is 5.56 Å². The lowest BCUT2D eigenvalue weighted by molar-refractivity contribution is -0.175. The average molecular weight is 536 g/mol. The molecule has 0 saturated heterocycles. The van der Waals surface area contributed by atoms with E-state index in [1.165, 1.54) is 0 Å². The number of fused-ring (bicyclic) bond motifs is 3. The maximum absolute atomic E-state index is 13.8. The number of primary amides is 1. The molecule has 0 bridgehead atoms. The summed E-state index contributed by atoms with van der Waals surface area (Å²) in [6.07, 6.45) is -0.126. The molecule has 0 aliphatic heterocycles. The van der Waals surface area contributed by atoms with Gasteiger partial charge in [0, 0.05) is 43.7 Å². The minimum Gasteiger partial charge on any atom is -0.508 e. The first kappa shape index (κ1) is 26.5. The molecule has 7 N–H and O–H groups in total. The molecule has 2 aromatic carbocycles. The second kappa shape index (κ2) is 9.58. The van der Waals surface area contributed by atoms with Gasteiger partial charge in [-0.1, -0.05) is 12.1 Å². The van der Waals surface area contributed by atoms with E-state index in [2.05, 4.69) is 10.6 Å². The highest BCUT2D eigenvalue weighted by Gasteiger charge is 2.66. The van der Waals surface area contributed by atoms with Crippen molar-refractivity contribution in [2.24, 2.45) is 29.4 Å². The Balaban J connectivity index is 1.47. The molecule has 3 aliphatic rings. The van der Waals surface area contributed by atoms with E-state index in [9.17, 15) is 39.3 Å². The summed E-state index contributed by atoms with van der Waals surface area (Å²) < 4.78 is 0. The first-order chi connectivity index (χ1) is 18.5. The Morgan fingerprint density at radius 3 is 2.38 bits per heavy atom. The van der Waals surface area contributed by atoms with Crippen molar-refractivity contribution in [1.82, 2.24) is 5.32 Å². The van der Waals surface area contributed by atoms with E-state index >= 15 is 0 Å². The van der Waals surface area contributed by atoms with Gasteiger partial charge in [-0.25, -0.2) is 0 Å². The Kier molecular flexibility index (Phi) is 6.51. The summed E-state index contributed by atoms with van der Waals surface area (Å²) in [6.45, 7) is 0.593. The van der Waals surface area contributed by atoms with Crippen LogP contribution in [0.25, 0.3) is 0 Å². The SMILES string of the molecule is CNc1cc(CNCc2ccc(O)cc2)c(O)c2c1CC1CC3CC(=O)C(C(N)=O)C(=O)[C@@]3(O)C(=O)C1C2=O. The quantitative estimate of drug-likeness (QED) is 0.222. The molecule has 2 saturated carbocycles. The molecular formula is C28H29N3O8. The summed E-state index contributed by atoms with van der Waals surface area (Å²) >= 11 is 0. The third-order valence-electron chi connectivity index (χ3n) is 8.33. The minimum absolute atomic E-state index is 0.0426. The van der Waals surface area contributed by atoms with Gasteiger partial charge >= 0.3 is 0 Å². The molecule has 204 valence electrons. The van der Waals surface area contributed by atoms with Crippen LogP contribution in [0.5, 0.6) is 11.5 Å². The Morgan fingerprint density at radius 2 is 1.74 bits per heavy atom. The van der Waals surface area contributed by atoms with Gasteiger partial charge in [-0.05, 0) is 48.1 Å². The molecule has 0 spiro atoms. The number of nitrogens with one attached hydrogen (secondary N) is 2. The third kappa shape index (κ3) is 4.09. The molecule has 2 aromatic rings. The number of aromatic hydroxyl groups is 2. The lowest BCUT2D eigenvalue weighted by Crippen LogP contribution is -2.68. The van der Waals surface area contributed by atoms with Gasteiger partial charge in [-0.15, -0.1) is 0 Å². The molecule has 0 aromatic heterocycles. The number of carbonyl (C=O) groups excluding carboxylic acids is 5. The van der Waals surface area contributed by atoms with Crippen LogP contribution >= 0.6 is 0 Å². The number of anilines is 1. The van der Waals surface area contributed by atoms with Gasteiger partial charge in [0.2, 0.25) is 5.91 Å². The van der Waals surface area contributed by atoms with E-state index < -0.39 is 58.3 Å². The Labute approximate surface area is 223 Å². The highest BCUT2D eigenvalue weighted by Crippen LogP contribution is 2.51. The number of aliphatic hydroxyl groups is 1. The summed E-state index contributed by atoms with van der Waals surface area (Å²) in [5.41, 5.74) is 4.89. The summed E-state index contributed by atoms with van der Waals surface area (Å²) in [4.78, 5) is 64.8. The number of nitrogens with two attached hydrogens (primary N) is 1. The fourth-order valence-corrected chi connectivity index (χ4v) is 6.40. The van der Waals surface area contributed by atoms with E-state index in [1.54, 1.807) is 37.4 Å². The number of Topliss-reactive ketones (excluding diaryl/α,β-unsaturated/α-hetero) is 4. The van der Waals surface area contributed by atoms with Crippen LogP contribution in [0.15, 0.2) is 30.3 Å². The van der Waals surface area contributed by atoms with Crippen LogP contribution in [0.1, 0.15) is 39.9 Å². The molecule has 5 atom stereocenters. The summed E-state index contributed by atoms with van der Waals surface area (Å²) in [6, 6.07) is 8.32. The molecule has 5 rings (SSSR count). The van der Waals surface area contributed by atoms with Crippen molar-refractivity contribution < 1.29 is 39.3 Å². The highest BCUT2D eigenvalue weighted by molar-refractivity contribution is 6.31. The van der Waals surface area contributed by atoms with Gasteiger partial charge in [-0.3, -0.25) is 24.0 Å². The van der Waals surface area contributed by atoms with Gasteiger partial charge in [0.05, 0.1) is 11.5 Å². The third-order valence-corrected chi connectivity index (χ3v) is 8.33. The number of ketones is 4. The number of hydrogen-bond donors (Lipinski definition) is 6. The zero-order valence-corrected chi connectivity index (χ0v) is 21.2. The smallest absolute Gasteiger partial charge is 0.235 e. The van der Waals surface area contributed by atoms with Crippen LogP contribution < -0.4 is 16.4 Å². The van der Waals surface area contributed by atoms with E-state index in [4.69, 9.17) is 5.73 Å². The molecule has 4 unspecified atom stereocenters. The van der Waals surface area contributed by atoms with Crippen LogP contribution in [0.3, 0.4) is 0 Å². The van der Waals surface area contributed by atoms with Crippen LogP contribution in [0, 0.1) is 23.7 Å². The van der Waals surface area contributed by atoms with Crippen molar-refractivity contribution in [3.8, 4) is 11.5 Å². The van der Waals surface area contributed by atoms with Crippen molar-refractivity contribution in [1.29, 1.82) is 0 Å². The van der Waals surface area contributed by atoms with E-state index in [-0.39, 0.29) is 42.9 Å². The van der Waals surface area contributed by atoms with Crippen molar-refractivity contribution in [3.63, 3.8) is 0 Å². The first-order valence-electron chi connectivity index (χ1n) is 12.7. The van der Waals surface area contributed by atoms with Crippen LogP contribution in [0.4, 0.5) is 5.69 Å². The second-order valence-corrected chi connectivity index (χ2v) is 10.5. The van der Waals surface area contributed by atoms with Gasteiger partial charge < -0.3 is 31.7 Å². The van der Waals surface area contributed by atoms with Crippen LogP contribution in [-0.2, 0) is 38.7 Å². The fourth-order valence-electron chi connectivity index (χ4n) is 6.40. The van der Waals surface area contributed by atoms with Gasteiger partial charge in [0.25, 0.3) is 0 Å². The monoisotopic (exact) mass is 535 g/mol. The topological polar surface area (TPSA) is 196 Å². The molecule has 0 heterocycles. The summed E-state index contributed by atoms with van der Waals surface area (Å²) in [5.74, 6) is -10.2. The van der Waals surface area contributed by atoms with Crippen molar-refractivity contribution >= 4 is 34.7 Å². The second-order valence-electron chi connectivity index (χ2n) is 10.5. The molecule has 1 amide bonds. The lowest BCUT2D eigenvalue weighted by Gasteiger charge is -2.48. The van der Waals surface area contributed by atoms with Gasteiger partial charge in [-0.2, -0.15) is 0 Å².